The highest BCUT2D eigenvalue weighted by Crippen LogP contribution is 2.34. The Morgan fingerprint density at radius 2 is 1.90 bits per heavy atom. The number of nitrogens with zero attached hydrogens (tertiary/aromatic N) is 7. The first-order valence-electron chi connectivity index (χ1n) is 13.5. The standard InChI is InChI=1S/C25H32F3N9O3/c1-13-3-7-16(8-4-13)21(31-24(38)20-14(2)34-40-35-20)25(39)30-17-11-37(33-22(17)28)18(9-19(26)27)23-32-29-12-36(23)10-15-5-6-15/h11-13,15-16,18-19,21H,3-10H2,1-2H3,(H,30,39)(H,31,38)/t13?,16?,18-,21-/m0/s1. The number of aromatic nitrogens is 7. The first kappa shape index (κ1) is 27.8. The molecule has 0 unspecified atom stereocenters. The number of aryl methyl sites for hydroxylation is 1. The molecule has 0 spiro atoms. The molecule has 216 valence electrons. The van der Waals surface area contributed by atoms with E-state index in [1.165, 1.54) is 12.5 Å². The monoisotopic (exact) mass is 563 g/mol. The summed E-state index contributed by atoms with van der Waals surface area (Å²) in [7, 11) is 0. The SMILES string of the molecule is Cc1nonc1C(=O)N[C@H](C(=O)Nc1cn([C@@H](CC(F)F)c2nncn2CC2CC2)nc1F)C1CCC(C)CC1. The lowest BCUT2D eigenvalue weighted by molar-refractivity contribution is -0.119. The Balaban J connectivity index is 1.37. The van der Waals surface area contributed by atoms with Crippen LogP contribution in [0.1, 0.15) is 79.9 Å². The van der Waals surface area contributed by atoms with Crippen molar-refractivity contribution in [2.45, 2.75) is 83.8 Å². The zero-order chi connectivity index (χ0) is 28.4. The predicted molar refractivity (Wildman–Crippen MR) is 134 cm³/mol. The van der Waals surface area contributed by atoms with E-state index in [1.54, 1.807) is 11.5 Å². The molecule has 40 heavy (non-hydrogen) atoms. The van der Waals surface area contributed by atoms with Gasteiger partial charge in [-0.05, 0) is 55.5 Å². The van der Waals surface area contributed by atoms with Gasteiger partial charge in [0, 0.05) is 13.0 Å². The summed E-state index contributed by atoms with van der Waals surface area (Å²) in [4.78, 5) is 26.3. The molecule has 0 aliphatic heterocycles. The maximum absolute atomic E-state index is 15.0. The molecule has 0 aromatic carbocycles. The molecular weight excluding hydrogens is 531 g/mol. The number of hydrogen-bond donors (Lipinski definition) is 2. The van der Waals surface area contributed by atoms with Gasteiger partial charge in [0.15, 0.2) is 11.5 Å². The van der Waals surface area contributed by atoms with Crippen LogP contribution in [0.2, 0.25) is 0 Å². The lowest BCUT2D eigenvalue weighted by atomic mass is 9.79. The average Bonchev–Trinajstić information content (AvgIpc) is 3.25. The zero-order valence-electron chi connectivity index (χ0n) is 22.3. The van der Waals surface area contributed by atoms with E-state index >= 15 is 4.39 Å². The molecule has 0 bridgehead atoms. The van der Waals surface area contributed by atoms with Crippen molar-refractivity contribution in [1.82, 2.24) is 40.2 Å². The molecule has 2 fully saturated rings. The van der Waals surface area contributed by atoms with Gasteiger partial charge < -0.3 is 15.2 Å². The highest BCUT2D eigenvalue weighted by molar-refractivity contribution is 6.00. The van der Waals surface area contributed by atoms with Crippen molar-refractivity contribution in [3.8, 4) is 0 Å². The largest absolute Gasteiger partial charge is 0.338 e. The Hall–Kier alpha value is -3.78. The molecule has 2 atom stereocenters. The third-order valence-corrected chi connectivity index (χ3v) is 7.73. The highest BCUT2D eigenvalue weighted by Gasteiger charge is 2.35. The van der Waals surface area contributed by atoms with Crippen LogP contribution in [0.4, 0.5) is 18.9 Å². The predicted octanol–water partition coefficient (Wildman–Crippen LogP) is 3.52. The third kappa shape index (κ3) is 6.33. The highest BCUT2D eigenvalue weighted by atomic mass is 19.3. The van der Waals surface area contributed by atoms with E-state index in [9.17, 15) is 18.4 Å². The van der Waals surface area contributed by atoms with E-state index in [0.29, 0.717) is 31.2 Å². The molecule has 3 heterocycles. The first-order chi connectivity index (χ1) is 19.2. The fraction of sp³-hybridized carbons (Fsp3) is 0.640. The summed E-state index contributed by atoms with van der Waals surface area (Å²) in [6, 6.07) is -2.10. The lowest BCUT2D eigenvalue weighted by Crippen LogP contribution is -2.49. The summed E-state index contributed by atoms with van der Waals surface area (Å²) in [5.41, 5.74) is -0.0767. The van der Waals surface area contributed by atoms with Gasteiger partial charge in [0.05, 0.1) is 6.20 Å². The zero-order valence-corrected chi connectivity index (χ0v) is 22.3. The van der Waals surface area contributed by atoms with Crippen molar-refractivity contribution in [3.63, 3.8) is 0 Å². The van der Waals surface area contributed by atoms with E-state index in [-0.39, 0.29) is 28.8 Å². The molecule has 3 aromatic rings. The number of anilines is 1. The van der Waals surface area contributed by atoms with Gasteiger partial charge in [-0.3, -0.25) is 14.3 Å². The number of hydrogen-bond acceptors (Lipinski definition) is 8. The molecule has 12 nitrogen and oxygen atoms in total. The van der Waals surface area contributed by atoms with Crippen molar-refractivity contribution in [3.05, 3.63) is 35.7 Å². The normalized spacial score (nSPS) is 20.9. The van der Waals surface area contributed by atoms with Gasteiger partial charge in [-0.2, -0.15) is 4.39 Å². The van der Waals surface area contributed by atoms with E-state index in [4.69, 9.17) is 0 Å². The second kappa shape index (κ2) is 11.8. The molecule has 2 aliphatic carbocycles. The van der Waals surface area contributed by atoms with Crippen LogP contribution in [0.5, 0.6) is 0 Å². The molecule has 2 aliphatic rings. The van der Waals surface area contributed by atoms with Gasteiger partial charge in [0.1, 0.15) is 29.8 Å². The third-order valence-electron chi connectivity index (χ3n) is 7.73. The number of rotatable bonds is 11. The summed E-state index contributed by atoms with van der Waals surface area (Å²) in [5, 5.41) is 24.1. The minimum Gasteiger partial charge on any atom is -0.338 e. The summed E-state index contributed by atoms with van der Waals surface area (Å²) in [5.74, 6) is -1.38. The summed E-state index contributed by atoms with van der Waals surface area (Å²) in [6.07, 6.45) is 4.45. The van der Waals surface area contributed by atoms with Gasteiger partial charge in [0.2, 0.25) is 12.3 Å². The molecule has 0 radical (unpaired) electrons. The summed E-state index contributed by atoms with van der Waals surface area (Å²) >= 11 is 0. The summed E-state index contributed by atoms with van der Waals surface area (Å²) in [6.45, 7) is 4.25. The van der Waals surface area contributed by atoms with Crippen LogP contribution in [0.3, 0.4) is 0 Å². The molecule has 0 saturated heterocycles. The van der Waals surface area contributed by atoms with Gasteiger partial charge in [-0.25, -0.2) is 13.4 Å². The van der Waals surface area contributed by atoms with Crippen LogP contribution in [0, 0.1) is 30.6 Å². The van der Waals surface area contributed by atoms with Crippen LogP contribution in [0.25, 0.3) is 0 Å². The molecule has 2 saturated carbocycles. The van der Waals surface area contributed by atoms with Crippen molar-refractivity contribution >= 4 is 17.5 Å². The van der Waals surface area contributed by atoms with E-state index in [0.717, 1.165) is 30.4 Å². The molecule has 2 N–H and O–H groups in total. The molecule has 5 rings (SSSR count). The molecule has 15 heteroatoms. The second-order valence-corrected chi connectivity index (χ2v) is 10.9. The Bertz CT molecular complexity index is 1330. The number of halogens is 3. The van der Waals surface area contributed by atoms with Crippen LogP contribution in [0.15, 0.2) is 17.2 Å². The number of alkyl halides is 2. The van der Waals surface area contributed by atoms with Crippen LogP contribution >= 0.6 is 0 Å². The quantitative estimate of drug-likeness (QED) is 0.360. The van der Waals surface area contributed by atoms with E-state index in [2.05, 4.69) is 47.8 Å². The van der Waals surface area contributed by atoms with Crippen molar-refractivity contribution in [2.24, 2.45) is 17.8 Å². The second-order valence-electron chi connectivity index (χ2n) is 10.9. The van der Waals surface area contributed by atoms with Gasteiger partial charge in [-0.1, -0.05) is 24.9 Å². The molecule has 2 amide bonds. The minimum absolute atomic E-state index is 0.0499. The average molecular weight is 564 g/mol. The number of carbonyl (C=O) groups is 2. The first-order valence-corrected chi connectivity index (χ1v) is 13.5. The molecular formula is C25H32F3N9O3. The van der Waals surface area contributed by atoms with Crippen LogP contribution in [-0.2, 0) is 11.3 Å². The maximum atomic E-state index is 15.0. The fourth-order valence-corrected chi connectivity index (χ4v) is 5.23. The number of nitrogens with one attached hydrogen (secondary N) is 2. The van der Waals surface area contributed by atoms with Crippen molar-refractivity contribution in [1.29, 1.82) is 0 Å². The van der Waals surface area contributed by atoms with Crippen LogP contribution < -0.4 is 10.6 Å². The van der Waals surface area contributed by atoms with Gasteiger partial charge >= 0.3 is 0 Å². The smallest absolute Gasteiger partial charge is 0.276 e. The fourth-order valence-electron chi connectivity index (χ4n) is 5.23. The minimum atomic E-state index is -2.72. The Morgan fingerprint density at radius 1 is 1.15 bits per heavy atom. The Morgan fingerprint density at radius 3 is 2.55 bits per heavy atom. The lowest BCUT2D eigenvalue weighted by Gasteiger charge is -2.32. The Kier molecular flexibility index (Phi) is 8.17. The van der Waals surface area contributed by atoms with Crippen molar-refractivity contribution < 1.29 is 27.4 Å². The topological polar surface area (TPSA) is 146 Å². The van der Waals surface area contributed by atoms with Crippen LogP contribution in [-0.4, -0.2) is 59.1 Å². The Labute approximate surface area is 228 Å². The van der Waals surface area contributed by atoms with Crippen molar-refractivity contribution in [2.75, 3.05) is 5.32 Å². The number of amides is 2. The number of carbonyl (C=O) groups excluding carboxylic acids is 2. The summed E-state index contributed by atoms with van der Waals surface area (Å²) < 4.78 is 49.5. The molecule has 3 aromatic heterocycles. The van der Waals surface area contributed by atoms with Gasteiger partial charge in [0.25, 0.3) is 11.9 Å². The maximum Gasteiger partial charge on any atom is 0.276 e. The van der Waals surface area contributed by atoms with E-state index < -0.39 is 42.7 Å². The van der Waals surface area contributed by atoms with Gasteiger partial charge in [-0.15, -0.1) is 15.3 Å². The van der Waals surface area contributed by atoms with E-state index in [1.807, 2.05) is 0 Å².